The molecule has 1 aromatic heterocycles. The van der Waals surface area contributed by atoms with E-state index in [1.54, 1.807) is 49.6 Å². The van der Waals surface area contributed by atoms with E-state index in [1.165, 1.54) is 29.2 Å². The number of anilines is 1. The Morgan fingerprint density at radius 1 is 1.19 bits per heavy atom. The van der Waals surface area contributed by atoms with Crippen LogP contribution in [0.25, 0.3) is 0 Å². The van der Waals surface area contributed by atoms with Crippen LogP contribution in [0.15, 0.2) is 52.9 Å². The molecule has 5 nitrogen and oxygen atoms in total. The quantitative estimate of drug-likeness (QED) is 0.458. The Morgan fingerprint density at radius 2 is 1.96 bits per heavy atom. The smallest absolute Gasteiger partial charge is 0.206 e. The second-order valence-electron chi connectivity index (χ2n) is 5.26. The third kappa shape index (κ3) is 4.80. The summed E-state index contributed by atoms with van der Waals surface area (Å²) in [6.45, 7) is 0.124. The maximum absolute atomic E-state index is 13.6. The molecule has 0 saturated heterocycles. The molecule has 1 N–H and O–H groups in total. The molecular weight excluding hydrogens is 373 g/mol. The van der Waals surface area contributed by atoms with Crippen LogP contribution in [0.3, 0.4) is 0 Å². The molecule has 134 valence electrons. The van der Waals surface area contributed by atoms with Crippen molar-refractivity contribution in [3.8, 4) is 5.75 Å². The molecule has 26 heavy (non-hydrogen) atoms. The van der Waals surface area contributed by atoms with Gasteiger partial charge in [0.1, 0.15) is 11.6 Å². The van der Waals surface area contributed by atoms with E-state index in [-0.39, 0.29) is 18.1 Å². The van der Waals surface area contributed by atoms with Gasteiger partial charge in [-0.3, -0.25) is 4.79 Å². The van der Waals surface area contributed by atoms with Gasteiger partial charge < -0.3 is 10.1 Å². The first kappa shape index (κ1) is 18.3. The Balaban J connectivity index is 1.51. The number of nitrogens with zero attached hydrogens (tertiary/aromatic N) is 2. The highest BCUT2D eigenvalue weighted by atomic mass is 32.2. The molecule has 0 aliphatic carbocycles. The minimum Gasteiger partial charge on any atom is -0.497 e. The van der Waals surface area contributed by atoms with E-state index in [1.807, 2.05) is 0 Å². The van der Waals surface area contributed by atoms with Crippen molar-refractivity contribution in [2.24, 2.45) is 0 Å². The summed E-state index contributed by atoms with van der Waals surface area (Å²) in [5.74, 6) is 0.901. The van der Waals surface area contributed by atoms with Gasteiger partial charge in [0.2, 0.25) is 5.13 Å². The Bertz CT molecular complexity index is 884. The van der Waals surface area contributed by atoms with Crippen LogP contribution in [-0.4, -0.2) is 29.6 Å². The van der Waals surface area contributed by atoms with Crippen molar-refractivity contribution in [2.75, 3.05) is 19.0 Å². The third-order valence-corrected chi connectivity index (χ3v) is 5.59. The molecule has 0 spiro atoms. The molecule has 0 bridgehead atoms. The topological polar surface area (TPSA) is 64.1 Å². The van der Waals surface area contributed by atoms with Crippen molar-refractivity contribution in [3.05, 3.63) is 65.5 Å². The predicted octanol–water partition coefficient (Wildman–Crippen LogP) is 4.27. The van der Waals surface area contributed by atoms with E-state index in [4.69, 9.17) is 4.74 Å². The second-order valence-corrected chi connectivity index (χ2v) is 7.46. The lowest BCUT2D eigenvalue weighted by atomic mass is 10.1. The van der Waals surface area contributed by atoms with Gasteiger partial charge in [-0.1, -0.05) is 41.3 Å². The van der Waals surface area contributed by atoms with E-state index >= 15 is 0 Å². The number of carbonyl (C=O) groups excluding carboxylic acids is 1. The molecule has 8 heteroatoms. The number of aromatic nitrogens is 2. The zero-order valence-corrected chi connectivity index (χ0v) is 15.6. The van der Waals surface area contributed by atoms with Crippen LogP contribution < -0.4 is 10.1 Å². The zero-order chi connectivity index (χ0) is 18.4. The van der Waals surface area contributed by atoms with Gasteiger partial charge in [0.15, 0.2) is 10.1 Å². The Morgan fingerprint density at radius 3 is 2.69 bits per heavy atom. The monoisotopic (exact) mass is 389 g/mol. The summed E-state index contributed by atoms with van der Waals surface area (Å²) in [5.41, 5.74) is 1.22. The van der Waals surface area contributed by atoms with Crippen molar-refractivity contribution >= 4 is 34.0 Å². The summed E-state index contributed by atoms with van der Waals surface area (Å²) in [4.78, 5) is 12.2. The van der Waals surface area contributed by atoms with Crippen molar-refractivity contribution < 1.29 is 13.9 Å². The van der Waals surface area contributed by atoms with Gasteiger partial charge >= 0.3 is 0 Å². The van der Waals surface area contributed by atoms with Gasteiger partial charge in [0.25, 0.3) is 0 Å². The summed E-state index contributed by atoms with van der Waals surface area (Å²) in [7, 11) is 1.58. The molecule has 1 heterocycles. The Kier molecular flexibility index (Phi) is 6.19. The van der Waals surface area contributed by atoms with Crippen LogP contribution in [0.4, 0.5) is 9.52 Å². The number of nitrogens with one attached hydrogen (secondary N) is 1. The molecule has 0 unspecified atom stereocenters. The third-order valence-electron chi connectivity index (χ3n) is 3.53. The van der Waals surface area contributed by atoms with Gasteiger partial charge in [-0.05, 0) is 35.9 Å². The average Bonchev–Trinajstić information content (AvgIpc) is 3.13. The highest BCUT2D eigenvalue weighted by Gasteiger charge is 2.10. The first-order chi connectivity index (χ1) is 12.7. The number of Topliss-reactive ketones (excluding diaryl/α,β-unsaturated/α-hetero) is 1. The lowest BCUT2D eigenvalue weighted by Crippen LogP contribution is -2.13. The number of ketones is 1. The summed E-state index contributed by atoms with van der Waals surface area (Å²) < 4.78 is 19.4. The number of hydrogen-bond acceptors (Lipinski definition) is 7. The first-order valence-electron chi connectivity index (χ1n) is 7.76. The number of rotatable bonds is 8. The fourth-order valence-electron chi connectivity index (χ4n) is 2.13. The van der Waals surface area contributed by atoms with E-state index < -0.39 is 0 Å². The van der Waals surface area contributed by atoms with Crippen molar-refractivity contribution in [1.29, 1.82) is 0 Å². The van der Waals surface area contributed by atoms with Crippen molar-refractivity contribution in [3.63, 3.8) is 0 Å². The van der Waals surface area contributed by atoms with Gasteiger partial charge in [0.05, 0.1) is 13.7 Å². The fraction of sp³-hybridized carbons (Fsp3) is 0.167. The zero-order valence-electron chi connectivity index (χ0n) is 13.9. The number of hydrogen-bond donors (Lipinski definition) is 1. The molecule has 2 aromatic carbocycles. The van der Waals surface area contributed by atoms with Crippen LogP contribution in [0, 0.1) is 5.82 Å². The maximum atomic E-state index is 13.6. The summed E-state index contributed by atoms with van der Waals surface area (Å²) in [6, 6.07) is 13.6. The van der Waals surface area contributed by atoms with Crippen LogP contribution in [0.1, 0.15) is 15.9 Å². The number of benzene rings is 2. The SMILES string of the molecule is COc1ccc(C(=O)CNc2nnc(SCc3ccccc3F)s2)cc1. The molecule has 0 radical (unpaired) electrons. The van der Waals surface area contributed by atoms with Gasteiger partial charge in [-0.15, -0.1) is 10.2 Å². The lowest BCUT2D eigenvalue weighted by Gasteiger charge is -2.03. The predicted molar refractivity (Wildman–Crippen MR) is 102 cm³/mol. The standard InChI is InChI=1S/C18H16FN3O2S2/c1-24-14-8-6-12(7-9-14)16(23)10-20-17-21-22-18(26-17)25-11-13-4-2-3-5-15(13)19/h2-9H,10-11H2,1H3,(H,20,21). The van der Waals surface area contributed by atoms with Crippen molar-refractivity contribution in [1.82, 2.24) is 10.2 Å². The van der Waals surface area contributed by atoms with Crippen molar-refractivity contribution in [2.45, 2.75) is 10.1 Å². The van der Waals surface area contributed by atoms with Gasteiger partial charge in [-0.2, -0.15) is 0 Å². The number of ether oxygens (including phenoxy) is 1. The summed E-state index contributed by atoms with van der Waals surface area (Å²) in [6.07, 6.45) is 0. The highest BCUT2D eigenvalue weighted by molar-refractivity contribution is 8.00. The molecule has 0 aliphatic rings. The molecule has 0 saturated carbocycles. The summed E-state index contributed by atoms with van der Waals surface area (Å²) in [5, 5.41) is 11.6. The Hall–Kier alpha value is -2.45. The van der Waals surface area contributed by atoms with E-state index in [2.05, 4.69) is 15.5 Å². The van der Waals surface area contributed by atoms with Crippen LogP contribution in [0.5, 0.6) is 5.75 Å². The molecule has 0 aliphatic heterocycles. The van der Waals surface area contributed by atoms with E-state index in [0.717, 1.165) is 0 Å². The minimum atomic E-state index is -0.229. The largest absolute Gasteiger partial charge is 0.497 e. The normalized spacial score (nSPS) is 10.5. The Labute approximate surface area is 158 Å². The fourth-order valence-corrected chi connectivity index (χ4v) is 3.86. The summed E-state index contributed by atoms with van der Waals surface area (Å²) >= 11 is 2.75. The molecule has 3 aromatic rings. The second kappa shape index (κ2) is 8.77. The number of carbonyl (C=O) groups is 1. The highest BCUT2D eigenvalue weighted by Crippen LogP contribution is 2.28. The average molecular weight is 389 g/mol. The van der Waals surface area contributed by atoms with E-state index in [9.17, 15) is 9.18 Å². The lowest BCUT2D eigenvalue weighted by molar-refractivity contribution is 0.101. The van der Waals surface area contributed by atoms with Crippen LogP contribution in [-0.2, 0) is 5.75 Å². The molecular formula is C18H16FN3O2S2. The number of methoxy groups -OCH3 is 1. The van der Waals surface area contributed by atoms with Gasteiger partial charge in [0, 0.05) is 11.3 Å². The number of halogens is 1. The molecule has 0 amide bonds. The maximum Gasteiger partial charge on any atom is 0.206 e. The number of thioether (sulfide) groups is 1. The first-order valence-corrected chi connectivity index (χ1v) is 9.57. The van der Waals surface area contributed by atoms with Gasteiger partial charge in [-0.25, -0.2) is 4.39 Å². The van der Waals surface area contributed by atoms with Crippen LogP contribution >= 0.6 is 23.1 Å². The minimum absolute atomic E-state index is 0.0524. The molecule has 0 fully saturated rings. The van der Waals surface area contributed by atoms with Crippen LogP contribution in [0.2, 0.25) is 0 Å². The molecule has 3 rings (SSSR count). The van der Waals surface area contributed by atoms with E-state index in [0.29, 0.717) is 32.1 Å². The molecule has 0 atom stereocenters.